The van der Waals surface area contributed by atoms with Gasteiger partial charge in [0.25, 0.3) is 0 Å². The first-order valence-corrected chi connectivity index (χ1v) is 10.8. The molecule has 0 aliphatic heterocycles. The SMILES string of the molecule is CSC(=NC(=O)N(C)C1CCCCC1)NC(=O)NCC1CCCCC1. The maximum atomic E-state index is 12.4. The Bertz CT molecular complexity index is 472. The molecule has 0 spiro atoms. The summed E-state index contributed by atoms with van der Waals surface area (Å²) in [6.45, 7) is 0.698. The number of amidine groups is 1. The van der Waals surface area contributed by atoms with Crippen LogP contribution in [0.25, 0.3) is 0 Å². The van der Waals surface area contributed by atoms with Gasteiger partial charge in [-0.15, -0.1) is 0 Å². The Labute approximate surface area is 155 Å². The summed E-state index contributed by atoms with van der Waals surface area (Å²) in [6.07, 6.45) is 13.7. The van der Waals surface area contributed by atoms with Crippen molar-refractivity contribution in [1.29, 1.82) is 0 Å². The molecule has 6 nitrogen and oxygen atoms in total. The molecule has 142 valence electrons. The van der Waals surface area contributed by atoms with Crippen LogP contribution in [0.3, 0.4) is 0 Å². The van der Waals surface area contributed by atoms with Crippen molar-refractivity contribution < 1.29 is 9.59 Å². The van der Waals surface area contributed by atoms with Crippen molar-refractivity contribution >= 4 is 29.0 Å². The third-order valence-corrected chi connectivity index (χ3v) is 5.89. The summed E-state index contributed by atoms with van der Waals surface area (Å²) >= 11 is 1.28. The molecule has 2 rings (SSSR count). The summed E-state index contributed by atoms with van der Waals surface area (Å²) in [4.78, 5) is 30.2. The fraction of sp³-hybridized carbons (Fsp3) is 0.833. The van der Waals surface area contributed by atoms with E-state index in [2.05, 4.69) is 15.6 Å². The second-order valence-corrected chi connectivity index (χ2v) is 7.94. The maximum absolute atomic E-state index is 12.4. The second-order valence-electron chi connectivity index (χ2n) is 7.15. The van der Waals surface area contributed by atoms with Gasteiger partial charge in [0, 0.05) is 19.6 Å². The van der Waals surface area contributed by atoms with Gasteiger partial charge in [-0.2, -0.15) is 4.99 Å². The Kier molecular flexibility index (Phi) is 8.58. The van der Waals surface area contributed by atoms with Gasteiger partial charge in [-0.3, -0.25) is 5.32 Å². The minimum atomic E-state index is -0.274. The number of thioether (sulfide) groups is 1. The van der Waals surface area contributed by atoms with Crippen LogP contribution in [0.5, 0.6) is 0 Å². The number of nitrogens with zero attached hydrogens (tertiary/aromatic N) is 2. The van der Waals surface area contributed by atoms with E-state index in [9.17, 15) is 9.59 Å². The molecule has 0 saturated heterocycles. The number of nitrogens with one attached hydrogen (secondary N) is 2. The zero-order valence-electron chi connectivity index (χ0n) is 15.6. The summed E-state index contributed by atoms with van der Waals surface area (Å²) < 4.78 is 0. The molecule has 0 unspecified atom stereocenters. The first-order chi connectivity index (χ1) is 12.1. The third-order valence-electron chi connectivity index (χ3n) is 5.31. The molecule has 0 radical (unpaired) electrons. The Morgan fingerprint density at radius 3 is 2.24 bits per heavy atom. The van der Waals surface area contributed by atoms with Gasteiger partial charge >= 0.3 is 12.1 Å². The lowest BCUT2D eigenvalue weighted by molar-refractivity contribution is 0.183. The molecule has 2 fully saturated rings. The number of hydrogen-bond acceptors (Lipinski definition) is 3. The lowest BCUT2D eigenvalue weighted by atomic mass is 9.89. The van der Waals surface area contributed by atoms with Gasteiger partial charge < -0.3 is 10.2 Å². The number of aliphatic imine (C=N–C) groups is 1. The fourth-order valence-electron chi connectivity index (χ4n) is 3.68. The van der Waals surface area contributed by atoms with E-state index >= 15 is 0 Å². The highest BCUT2D eigenvalue weighted by atomic mass is 32.2. The topological polar surface area (TPSA) is 73.8 Å². The normalized spacial score (nSPS) is 20.2. The minimum Gasteiger partial charge on any atom is -0.338 e. The zero-order chi connectivity index (χ0) is 18.1. The van der Waals surface area contributed by atoms with Crippen LogP contribution < -0.4 is 10.6 Å². The Balaban J connectivity index is 1.79. The van der Waals surface area contributed by atoms with Crippen molar-refractivity contribution in [3.63, 3.8) is 0 Å². The van der Waals surface area contributed by atoms with Crippen molar-refractivity contribution in [1.82, 2.24) is 15.5 Å². The number of carbonyl (C=O) groups is 2. The zero-order valence-corrected chi connectivity index (χ0v) is 16.4. The first kappa shape index (κ1) is 20.1. The smallest absolute Gasteiger partial charge is 0.338 e. The Hall–Kier alpha value is -1.24. The van der Waals surface area contributed by atoms with Crippen molar-refractivity contribution in [2.45, 2.75) is 70.3 Å². The molecule has 2 saturated carbocycles. The summed E-state index contributed by atoms with van der Waals surface area (Å²) in [5, 5.41) is 5.98. The van der Waals surface area contributed by atoms with E-state index in [4.69, 9.17) is 0 Å². The Morgan fingerprint density at radius 2 is 1.64 bits per heavy atom. The van der Waals surface area contributed by atoms with Crippen LogP contribution in [0, 0.1) is 5.92 Å². The van der Waals surface area contributed by atoms with Crippen LogP contribution in [-0.4, -0.2) is 48.0 Å². The van der Waals surface area contributed by atoms with E-state index in [1.807, 2.05) is 13.3 Å². The monoisotopic (exact) mass is 368 g/mol. The van der Waals surface area contributed by atoms with E-state index in [0.717, 1.165) is 12.8 Å². The third kappa shape index (κ3) is 6.88. The lowest BCUT2D eigenvalue weighted by Crippen LogP contribution is -2.42. The second kappa shape index (κ2) is 10.7. The molecular weight excluding hydrogens is 336 g/mol. The standard InChI is InChI=1S/C18H32N4O2S/c1-22(15-11-7-4-8-12-15)18(24)21-17(25-2)20-16(23)19-13-14-9-5-3-6-10-14/h14-15H,3-13H2,1-2H3,(H2,19,20,21,23,24). The molecule has 0 aromatic rings. The first-order valence-electron chi connectivity index (χ1n) is 9.54. The molecule has 4 amide bonds. The van der Waals surface area contributed by atoms with Gasteiger partial charge in [0.15, 0.2) is 5.17 Å². The molecule has 2 aliphatic rings. The van der Waals surface area contributed by atoms with Crippen LogP contribution in [0.4, 0.5) is 9.59 Å². The predicted octanol–water partition coefficient (Wildman–Crippen LogP) is 3.97. The lowest BCUT2D eigenvalue weighted by Gasteiger charge is -2.29. The van der Waals surface area contributed by atoms with Crippen molar-refractivity contribution in [2.24, 2.45) is 10.9 Å². The van der Waals surface area contributed by atoms with Crippen LogP contribution in [0.2, 0.25) is 0 Å². The molecular formula is C18H32N4O2S. The number of amides is 4. The van der Waals surface area contributed by atoms with Crippen molar-refractivity contribution in [3.8, 4) is 0 Å². The van der Waals surface area contributed by atoms with Gasteiger partial charge in [0.2, 0.25) is 0 Å². The molecule has 0 aromatic heterocycles. The molecule has 2 aliphatic carbocycles. The summed E-state index contributed by atoms with van der Waals surface area (Å²) in [5.41, 5.74) is 0. The van der Waals surface area contributed by atoms with Gasteiger partial charge in [0.05, 0.1) is 0 Å². The van der Waals surface area contributed by atoms with Crippen LogP contribution in [0.1, 0.15) is 64.2 Å². The number of urea groups is 2. The number of rotatable bonds is 3. The van der Waals surface area contributed by atoms with Crippen molar-refractivity contribution in [2.75, 3.05) is 19.8 Å². The van der Waals surface area contributed by atoms with Crippen molar-refractivity contribution in [3.05, 3.63) is 0 Å². The number of hydrogen-bond donors (Lipinski definition) is 2. The minimum absolute atomic E-state index is 0.271. The largest absolute Gasteiger partial charge is 0.345 e. The molecule has 25 heavy (non-hydrogen) atoms. The van der Waals surface area contributed by atoms with Crippen LogP contribution in [-0.2, 0) is 0 Å². The number of carbonyl (C=O) groups excluding carboxylic acids is 2. The van der Waals surface area contributed by atoms with E-state index in [1.54, 1.807) is 4.90 Å². The van der Waals surface area contributed by atoms with E-state index in [-0.39, 0.29) is 18.1 Å². The Morgan fingerprint density at radius 1 is 1.04 bits per heavy atom. The van der Waals surface area contributed by atoms with E-state index in [0.29, 0.717) is 17.6 Å². The summed E-state index contributed by atoms with van der Waals surface area (Å²) in [7, 11) is 1.81. The quantitative estimate of drug-likeness (QED) is 0.585. The highest BCUT2D eigenvalue weighted by molar-refractivity contribution is 8.13. The molecule has 0 bridgehead atoms. The molecule has 7 heteroatoms. The van der Waals surface area contributed by atoms with Gasteiger partial charge in [0.1, 0.15) is 0 Å². The fourth-order valence-corrected chi connectivity index (χ4v) is 4.05. The van der Waals surface area contributed by atoms with Gasteiger partial charge in [-0.05, 0) is 37.9 Å². The summed E-state index contributed by atoms with van der Waals surface area (Å²) in [5.74, 6) is 0.577. The maximum Gasteiger partial charge on any atom is 0.345 e. The van der Waals surface area contributed by atoms with Gasteiger partial charge in [-0.1, -0.05) is 50.3 Å². The molecule has 2 N–H and O–H groups in total. The van der Waals surface area contributed by atoms with Gasteiger partial charge in [-0.25, -0.2) is 9.59 Å². The molecule has 0 atom stereocenters. The average molecular weight is 369 g/mol. The highest BCUT2D eigenvalue weighted by Gasteiger charge is 2.22. The van der Waals surface area contributed by atoms with E-state index < -0.39 is 0 Å². The van der Waals surface area contributed by atoms with E-state index in [1.165, 1.54) is 63.1 Å². The average Bonchev–Trinajstić information content (AvgIpc) is 2.66. The van der Waals surface area contributed by atoms with Crippen LogP contribution in [0.15, 0.2) is 4.99 Å². The molecule has 0 heterocycles. The highest BCUT2D eigenvalue weighted by Crippen LogP contribution is 2.23. The molecule has 0 aromatic carbocycles. The van der Waals surface area contributed by atoms with Crippen LogP contribution >= 0.6 is 11.8 Å². The predicted molar refractivity (Wildman–Crippen MR) is 104 cm³/mol. The summed E-state index contributed by atoms with van der Waals surface area (Å²) in [6, 6.07) is -0.274.